The summed E-state index contributed by atoms with van der Waals surface area (Å²) in [4.78, 5) is 22.7. The molecule has 94 valence electrons. The van der Waals surface area contributed by atoms with Gasteiger partial charge >= 0.3 is 6.03 Å². The van der Waals surface area contributed by atoms with Crippen molar-refractivity contribution in [2.45, 2.75) is 52.6 Å². The van der Waals surface area contributed by atoms with Crippen LogP contribution in [0.25, 0.3) is 0 Å². The average Bonchev–Trinajstić information content (AvgIpc) is 2.17. The summed E-state index contributed by atoms with van der Waals surface area (Å²) in [5.41, 5.74) is -0.113. The molecular weight excluding hydrogens is 206 g/mol. The molecule has 16 heavy (non-hydrogen) atoms. The number of rotatable bonds is 5. The summed E-state index contributed by atoms with van der Waals surface area (Å²) in [5, 5.41) is 7.95. The molecule has 0 saturated heterocycles. The first-order chi connectivity index (χ1) is 7.32. The lowest BCUT2D eigenvalue weighted by Gasteiger charge is -2.28. The summed E-state index contributed by atoms with van der Waals surface area (Å²) < 4.78 is 0. The Hall–Kier alpha value is -1.10. The van der Waals surface area contributed by atoms with Crippen LogP contribution in [0.1, 0.15) is 41.0 Å². The lowest BCUT2D eigenvalue weighted by Crippen LogP contribution is -2.53. The van der Waals surface area contributed by atoms with Crippen LogP contribution in [0.4, 0.5) is 4.79 Å². The number of hydrogen-bond acceptors (Lipinski definition) is 3. The fourth-order valence-corrected chi connectivity index (χ4v) is 1.18. The minimum Gasteiger partial charge on any atom is -0.338 e. The summed E-state index contributed by atoms with van der Waals surface area (Å²) in [6.07, 6.45) is 0.909. The molecule has 0 rings (SSSR count). The van der Waals surface area contributed by atoms with Gasteiger partial charge in [0, 0.05) is 12.1 Å². The third kappa shape index (κ3) is 5.70. The van der Waals surface area contributed by atoms with Crippen molar-refractivity contribution >= 4 is 11.9 Å². The van der Waals surface area contributed by atoms with Gasteiger partial charge in [-0.05, 0) is 34.1 Å². The van der Waals surface area contributed by atoms with Gasteiger partial charge in [0.05, 0.1) is 6.04 Å². The van der Waals surface area contributed by atoms with Gasteiger partial charge in [-0.3, -0.25) is 10.1 Å². The van der Waals surface area contributed by atoms with Gasteiger partial charge in [0.25, 0.3) is 0 Å². The number of hydrogen-bond donors (Lipinski definition) is 3. The topological polar surface area (TPSA) is 70.2 Å². The quantitative estimate of drug-likeness (QED) is 0.658. The van der Waals surface area contributed by atoms with Crippen molar-refractivity contribution in [1.82, 2.24) is 16.0 Å². The van der Waals surface area contributed by atoms with Crippen LogP contribution in [0, 0.1) is 0 Å². The van der Waals surface area contributed by atoms with Crippen molar-refractivity contribution in [2.24, 2.45) is 0 Å². The maximum Gasteiger partial charge on any atom is 0.321 e. The SMILES string of the molecule is CCNC(=O)NC(=O)C(C)NC(C)(C)CC. The van der Waals surface area contributed by atoms with Crippen LogP contribution in [0.3, 0.4) is 0 Å². The van der Waals surface area contributed by atoms with Crippen molar-refractivity contribution in [1.29, 1.82) is 0 Å². The minimum absolute atomic E-state index is 0.113. The summed E-state index contributed by atoms with van der Waals surface area (Å²) in [6, 6.07) is -0.840. The van der Waals surface area contributed by atoms with Crippen LogP contribution in [0.2, 0.25) is 0 Å². The van der Waals surface area contributed by atoms with E-state index in [1.54, 1.807) is 13.8 Å². The summed E-state index contributed by atoms with van der Waals surface area (Å²) in [7, 11) is 0. The Morgan fingerprint density at radius 3 is 2.25 bits per heavy atom. The highest BCUT2D eigenvalue weighted by Crippen LogP contribution is 2.07. The van der Waals surface area contributed by atoms with Gasteiger partial charge in [-0.1, -0.05) is 6.92 Å². The van der Waals surface area contributed by atoms with E-state index in [4.69, 9.17) is 0 Å². The zero-order chi connectivity index (χ0) is 12.8. The van der Waals surface area contributed by atoms with E-state index in [1.165, 1.54) is 0 Å². The predicted molar refractivity (Wildman–Crippen MR) is 64.2 cm³/mol. The maximum atomic E-state index is 11.6. The zero-order valence-corrected chi connectivity index (χ0v) is 10.8. The zero-order valence-electron chi connectivity index (χ0n) is 10.8. The average molecular weight is 229 g/mol. The number of urea groups is 1. The molecule has 0 aromatic heterocycles. The lowest BCUT2D eigenvalue weighted by atomic mass is 10.0. The molecule has 0 aliphatic carbocycles. The van der Waals surface area contributed by atoms with E-state index in [2.05, 4.69) is 16.0 Å². The Kier molecular flexibility index (Phi) is 6.03. The van der Waals surface area contributed by atoms with Gasteiger partial charge in [0.15, 0.2) is 0 Å². The molecule has 0 aromatic rings. The molecule has 0 aliphatic rings. The number of carbonyl (C=O) groups excluding carboxylic acids is 2. The fraction of sp³-hybridized carbons (Fsp3) is 0.818. The van der Waals surface area contributed by atoms with E-state index in [9.17, 15) is 9.59 Å². The minimum atomic E-state index is -0.449. The first-order valence-corrected chi connectivity index (χ1v) is 5.68. The lowest BCUT2D eigenvalue weighted by molar-refractivity contribution is -0.122. The van der Waals surface area contributed by atoms with Gasteiger partial charge < -0.3 is 10.6 Å². The number of amides is 3. The van der Waals surface area contributed by atoms with Gasteiger partial charge in [-0.15, -0.1) is 0 Å². The van der Waals surface area contributed by atoms with Crippen LogP contribution in [-0.2, 0) is 4.79 Å². The summed E-state index contributed by atoms with van der Waals surface area (Å²) in [5.74, 6) is -0.313. The molecule has 3 amide bonds. The summed E-state index contributed by atoms with van der Waals surface area (Å²) >= 11 is 0. The fourth-order valence-electron chi connectivity index (χ4n) is 1.18. The Morgan fingerprint density at radius 2 is 1.81 bits per heavy atom. The van der Waals surface area contributed by atoms with Crippen LogP contribution >= 0.6 is 0 Å². The van der Waals surface area contributed by atoms with Crippen LogP contribution < -0.4 is 16.0 Å². The summed E-state index contributed by atoms with van der Waals surface area (Å²) in [6.45, 7) is 10.1. The molecule has 0 bridgehead atoms. The highest BCUT2D eigenvalue weighted by Gasteiger charge is 2.22. The molecule has 0 aliphatic heterocycles. The third-order valence-corrected chi connectivity index (χ3v) is 2.46. The Bertz CT molecular complexity index is 252. The van der Waals surface area contributed by atoms with Crippen LogP contribution in [-0.4, -0.2) is 30.1 Å². The molecule has 1 atom stereocenters. The van der Waals surface area contributed by atoms with Crippen LogP contribution in [0.15, 0.2) is 0 Å². The first kappa shape index (κ1) is 14.9. The predicted octanol–water partition coefficient (Wildman–Crippen LogP) is 0.999. The molecule has 0 radical (unpaired) electrons. The normalized spacial score (nSPS) is 13.1. The van der Waals surface area contributed by atoms with Crippen molar-refractivity contribution < 1.29 is 9.59 Å². The van der Waals surface area contributed by atoms with Gasteiger partial charge in [-0.2, -0.15) is 0 Å². The smallest absolute Gasteiger partial charge is 0.321 e. The van der Waals surface area contributed by atoms with E-state index in [0.717, 1.165) is 6.42 Å². The molecule has 0 fully saturated rings. The van der Waals surface area contributed by atoms with Crippen molar-refractivity contribution in [2.75, 3.05) is 6.54 Å². The van der Waals surface area contributed by atoms with Crippen molar-refractivity contribution in [3.05, 3.63) is 0 Å². The maximum absolute atomic E-state index is 11.6. The highest BCUT2D eigenvalue weighted by molar-refractivity contribution is 5.96. The third-order valence-electron chi connectivity index (χ3n) is 2.46. The first-order valence-electron chi connectivity index (χ1n) is 5.68. The number of imide groups is 1. The molecule has 0 heterocycles. The Labute approximate surface area is 97.4 Å². The molecule has 0 spiro atoms. The van der Waals surface area contributed by atoms with Crippen molar-refractivity contribution in [3.8, 4) is 0 Å². The molecule has 5 nitrogen and oxygen atoms in total. The molecule has 5 heteroatoms. The van der Waals surface area contributed by atoms with Gasteiger partial charge in [0.1, 0.15) is 0 Å². The second-order valence-corrected chi connectivity index (χ2v) is 4.45. The monoisotopic (exact) mass is 229 g/mol. The van der Waals surface area contributed by atoms with Gasteiger partial charge in [-0.25, -0.2) is 4.79 Å². The van der Waals surface area contributed by atoms with E-state index in [1.807, 2.05) is 20.8 Å². The largest absolute Gasteiger partial charge is 0.338 e. The standard InChI is InChI=1S/C11H23N3O2/c1-6-11(4,5)14-8(3)9(15)13-10(16)12-7-2/h8,14H,6-7H2,1-5H3,(H2,12,13,15,16). The molecule has 0 aromatic carbocycles. The van der Waals surface area contributed by atoms with E-state index < -0.39 is 12.1 Å². The molecular formula is C11H23N3O2. The second-order valence-electron chi connectivity index (χ2n) is 4.45. The second kappa shape index (κ2) is 6.48. The number of nitrogens with one attached hydrogen (secondary N) is 3. The van der Waals surface area contributed by atoms with Gasteiger partial charge in [0.2, 0.25) is 5.91 Å². The van der Waals surface area contributed by atoms with E-state index in [0.29, 0.717) is 6.54 Å². The molecule has 0 saturated carbocycles. The van der Waals surface area contributed by atoms with E-state index >= 15 is 0 Å². The number of carbonyl (C=O) groups is 2. The van der Waals surface area contributed by atoms with E-state index in [-0.39, 0.29) is 11.4 Å². The van der Waals surface area contributed by atoms with Crippen LogP contribution in [0.5, 0.6) is 0 Å². The highest BCUT2D eigenvalue weighted by atomic mass is 16.2. The Morgan fingerprint density at radius 1 is 1.25 bits per heavy atom. The van der Waals surface area contributed by atoms with Crippen molar-refractivity contribution in [3.63, 3.8) is 0 Å². The molecule has 3 N–H and O–H groups in total. The Balaban J connectivity index is 4.14. The molecule has 1 unspecified atom stereocenters.